The van der Waals surface area contributed by atoms with Gasteiger partial charge in [0.25, 0.3) is 5.69 Å². The van der Waals surface area contributed by atoms with Crippen molar-refractivity contribution in [3.63, 3.8) is 0 Å². The van der Waals surface area contributed by atoms with Gasteiger partial charge in [-0.25, -0.2) is 0 Å². The first kappa shape index (κ1) is 11.6. The van der Waals surface area contributed by atoms with Crippen molar-refractivity contribution in [1.29, 1.82) is 5.26 Å². The van der Waals surface area contributed by atoms with E-state index in [-0.39, 0.29) is 17.9 Å². The van der Waals surface area contributed by atoms with Crippen molar-refractivity contribution in [3.8, 4) is 6.07 Å². The van der Waals surface area contributed by atoms with Gasteiger partial charge in [0, 0.05) is 12.1 Å². The molecule has 0 unspecified atom stereocenters. The zero-order chi connectivity index (χ0) is 12.0. The SMILES string of the molecule is N#CCC(=O)C=Cc1ccc([N+](=O)[O-])cc1. The van der Waals surface area contributed by atoms with Crippen molar-refractivity contribution in [1.82, 2.24) is 0 Å². The van der Waals surface area contributed by atoms with E-state index in [0.717, 1.165) is 0 Å². The Morgan fingerprint density at radius 1 is 1.44 bits per heavy atom. The molecular formula is C11H8N2O3. The van der Waals surface area contributed by atoms with Crippen LogP contribution in [-0.4, -0.2) is 10.7 Å². The van der Waals surface area contributed by atoms with Crippen molar-refractivity contribution in [2.45, 2.75) is 6.42 Å². The summed E-state index contributed by atoms with van der Waals surface area (Å²) < 4.78 is 0. The van der Waals surface area contributed by atoms with Gasteiger partial charge in [-0.2, -0.15) is 5.26 Å². The fourth-order valence-electron chi connectivity index (χ4n) is 1.03. The van der Waals surface area contributed by atoms with Crippen LogP contribution < -0.4 is 0 Å². The molecule has 0 aliphatic carbocycles. The van der Waals surface area contributed by atoms with Gasteiger partial charge in [-0.3, -0.25) is 14.9 Å². The summed E-state index contributed by atoms with van der Waals surface area (Å²) in [6.45, 7) is 0. The summed E-state index contributed by atoms with van der Waals surface area (Å²) in [5, 5.41) is 18.6. The Labute approximate surface area is 91.8 Å². The minimum Gasteiger partial charge on any atom is -0.294 e. The summed E-state index contributed by atoms with van der Waals surface area (Å²) in [6, 6.07) is 7.52. The van der Waals surface area contributed by atoms with E-state index in [1.807, 2.05) is 0 Å². The molecule has 0 N–H and O–H groups in total. The number of benzene rings is 1. The van der Waals surface area contributed by atoms with Gasteiger partial charge in [-0.1, -0.05) is 6.08 Å². The third-order valence-corrected chi connectivity index (χ3v) is 1.82. The van der Waals surface area contributed by atoms with E-state index < -0.39 is 4.92 Å². The molecule has 1 aromatic rings. The summed E-state index contributed by atoms with van der Waals surface area (Å²) in [7, 11) is 0. The molecule has 0 atom stereocenters. The summed E-state index contributed by atoms with van der Waals surface area (Å²) >= 11 is 0. The van der Waals surface area contributed by atoms with Crippen LogP contribution in [0.2, 0.25) is 0 Å². The van der Waals surface area contributed by atoms with Crippen LogP contribution in [0.3, 0.4) is 0 Å². The topological polar surface area (TPSA) is 84.0 Å². The predicted molar refractivity (Wildman–Crippen MR) is 57.4 cm³/mol. The summed E-state index contributed by atoms with van der Waals surface area (Å²) in [5.74, 6) is -0.291. The van der Waals surface area contributed by atoms with Gasteiger partial charge in [-0.05, 0) is 23.8 Å². The van der Waals surface area contributed by atoms with E-state index in [1.54, 1.807) is 6.07 Å². The molecule has 1 rings (SSSR count). The molecule has 0 aliphatic rings. The smallest absolute Gasteiger partial charge is 0.269 e. The molecule has 0 aromatic heterocycles. The molecule has 0 spiro atoms. The molecule has 0 saturated heterocycles. The van der Waals surface area contributed by atoms with Gasteiger partial charge in [0.15, 0.2) is 5.78 Å². The van der Waals surface area contributed by atoms with Crippen LogP contribution >= 0.6 is 0 Å². The van der Waals surface area contributed by atoms with Crippen LogP contribution in [0.5, 0.6) is 0 Å². The fourth-order valence-corrected chi connectivity index (χ4v) is 1.03. The number of non-ortho nitro benzene ring substituents is 1. The van der Waals surface area contributed by atoms with E-state index in [4.69, 9.17) is 5.26 Å². The second-order valence-corrected chi connectivity index (χ2v) is 2.98. The number of ketones is 1. The van der Waals surface area contributed by atoms with Gasteiger partial charge in [0.2, 0.25) is 0 Å². The highest BCUT2D eigenvalue weighted by Crippen LogP contribution is 2.12. The molecule has 0 saturated carbocycles. The predicted octanol–water partition coefficient (Wildman–Crippen LogP) is 2.09. The van der Waals surface area contributed by atoms with Crippen LogP contribution in [-0.2, 0) is 4.79 Å². The Morgan fingerprint density at radius 3 is 2.56 bits per heavy atom. The highest BCUT2D eigenvalue weighted by Gasteiger charge is 2.02. The van der Waals surface area contributed by atoms with Crippen molar-refractivity contribution in [3.05, 3.63) is 46.0 Å². The average Bonchev–Trinajstić information content (AvgIpc) is 2.27. The van der Waals surface area contributed by atoms with Crippen LogP contribution in [0.25, 0.3) is 6.08 Å². The maximum atomic E-state index is 11.0. The monoisotopic (exact) mass is 216 g/mol. The van der Waals surface area contributed by atoms with Crippen LogP contribution in [0.15, 0.2) is 30.3 Å². The number of nitro benzene ring substituents is 1. The molecule has 0 radical (unpaired) electrons. The number of hydrogen-bond donors (Lipinski definition) is 0. The highest BCUT2D eigenvalue weighted by atomic mass is 16.6. The second kappa shape index (κ2) is 5.41. The molecular weight excluding hydrogens is 208 g/mol. The normalized spacial score (nSPS) is 9.94. The van der Waals surface area contributed by atoms with E-state index in [1.165, 1.54) is 36.4 Å². The molecule has 0 amide bonds. The number of allylic oxidation sites excluding steroid dienone is 1. The first-order chi connectivity index (χ1) is 7.63. The minimum atomic E-state index is -0.492. The zero-order valence-corrected chi connectivity index (χ0v) is 8.29. The number of carbonyl (C=O) groups excluding carboxylic acids is 1. The van der Waals surface area contributed by atoms with Gasteiger partial charge >= 0.3 is 0 Å². The van der Waals surface area contributed by atoms with Crippen LogP contribution in [0.4, 0.5) is 5.69 Å². The molecule has 5 heteroatoms. The summed E-state index contributed by atoms with van der Waals surface area (Å²) in [4.78, 5) is 20.8. The van der Waals surface area contributed by atoms with Crippen molar-refractivity contribution < 1.29 is 9.72 Å². The maximum absolute atomic E-state index is 11.0. The number of rotatable bonds is 4. The number of carbonyl (C=O) groups is 1. The molecule has 5 nitrogen and oxygen atoms in total. The van der Waals surface area contributed by atoms with Crippen LogP contribution in [0, 0.1) is 21.4 Å². The van der Waals surface area contributed by atoms with E-state index in [2.05, 4.69) is 0 Å². The van der Waals surface area contributed by atoms with Gasteiger partial charge in [0.05, 0.1) is 17.4 Å². The Hall–Kier alpha value is -2.48. The molecule has 0 bridgehead atoms. The number of nitriles is 1. The molecule has 0 fully saturated rings. The lowest BCUT2D eigenvalue weighted by Crippen LogP contribution is -1.89. The van der Waals surface area contributed by atoms with Gasteiger partial charge in [0.1, 0.15) is 0 Å². The lowest BCUT2D eigenvalue weighted by atomic mass is 10.1. The number of nitrogens with zero attached hydrogens (tertiary/aromatic N) is 2. The Kier molecular flexibility index (Phi) is 3.92. The van der Waals surface area contributed by atoms with Gasteiger partial charge in [-0.15, -0.1) is 0 Å². The third-order valence-electron chi connectivity index (χ3n) is 1.82. The van der Waals surface area contributed by atoms with E-state index in [9.17, 15) is 14.9 Å². The maximum Gasteiger partial charge on any atom is 0.269 e. The van der Waals surface area contributed by atoms with Crippen molar-refractivity contribution in [2.24, 2.45) is 0 Å². The fraction of sp³-hybridized carbons (Fsp3) is 0.0909. The lowest BCUT2D eigenvalue weighted by molar-refractivity contribution is -0.384. The largest absolute Gasteiger partial charge is 0.294 e. The minimum absolute atomic E-state index is 0.000464. The first-order valence-corrected chi connectivity index (χ1v) is 4.46. The van der Waals surface area contributed by atoms with E-state index in [0.29, 0.717) is 5.56 Å². The summed E-state index contributed by atoms with van der Waals surface area (Å²) in [6.07, 6.45) is 2.64. The van der Waals surface area contributed by atoms with Crippen molar-refractivity contribution >= 4 is 17.5 Å². The lowest BCUT2D eigenvalue weighted by Gasteiger charge is -1.92. The molecule has 16 heavy (non-hydrogen) atoms. The van der Waals surface area contributed by atoms with Crippen LogP contribution in [0.1, 0.15) is 12.0 Å². The van der Waals surface area contributed by atoms with Gasteiger partial charge < -0.3 is 0 Å². The second-order valence-electron chi connectivity index (χ2n) is 2.98. The quantitative estimate of drug-likeness (QED) is 0.438. The number of nitro groups is 1. The zero-order valence-electron chi connectivity index (χ0n) is 8.29. The Morgan fingerprint density at radius 2 is 2.06 bits per heavy atom. The highest BCUT2D eigenvalue weighted by molar-refractivity contribution is 5.94. The Balaban J connectivity index is 2.73. The van der Waals surface area contributed by atoms with Crippen molar-refractivity contribution in [2.75, 3.05) is 0 Å². The number of hydrogen-bond acceptors (Lipinski definition) is 4. The third kappa shape index (κ3) is 3.35. The summed E-state index contributed by atoms with van der Waals surface area (Å²) in [5.41, 5.74) is 0.678. The Bertz CT molecular complexity index is 469. The molecule has 80 valence electrons. The van der Waals surface area contributed by atoms with E-state index >= 15 is 0 Å². The standard InChI is InChI=1S/C11H8N2O3/c12-8-7-11(14)6-3-9-1-4-10(5-2-9)13(15)16/h1-6H,7H2. The molecule has 0 heterocycles. The molecule has 1 aromatic carbocycles. The molecule has 0 aliphatic heterocycles. The first-order valence-electron chi connectivity index (χ1n) is 4.46. The average molecular weight is 216 g/mol.